The van der Waals surface area contributed by atoms with E-state index in [9.17, 15) is 4.79 Å². The van der Waals surface area contributed by atoms with Crippen molar-refractivity contribution in [1.82, 2.24) is 15.1 Å². The van der Waals surface area contributed by atoms with Crippen molar-refractivity contribution in [2.45, 2.75) is 19.9 Å². The van der Waals surface area contributed by atoms with Crippen molar-refractivity contribution >= 4 is 22.9 Å². The van der Waals surface area contributed by atoms with Crippen LogP contribution in [-0.2, 0) is 11.3 Å². The van der Waals surface area contributed by atoms with Crippen LogP contribution in [0.1, 0.15) is 19.2 Å². The van der Waals surface area contributed by atoms with E-state index in [1.807, 2.05) is 40.6 Å². The summed E-state index contributed by atoms with van der Waals surface area (Å²) in [6, 6.07) is 11.2. The third-order valence-electron chi connectivity index (χ3n) is 3.82. The number of methoxy groups -OCH3 is 1. The van der Waals surface area contributed by atoms with Gasteiger partial charge in [-0.1, -0.05) is 19.1 Å². The molecule has 1 N–H and O–H groups in total. The molecule has 0 bridgehead atoms. The number of ether oxygens (including phenoxy) is 1. The van der Waals surface area contributed by atoms with Crippen LogP contribution in [0.15, 0.2) is 46.2 Å². The third-order valence-corrected chi connectivity index (χ3v) is 4.68. The van der Waals surface area contributed by atoms with Crippen LogP contribution in [0.25, 0.3) is 10.8 Å². The summed E-state index contributed by atoms with van der Waals surface area (Å²) in [4.78, 5) is 15.3. The standard InChI is InChI=1S/C19H22N4O3S/c1-3-9-23(12-17(24)20-14-6-4-7-15(11-14)25-2)13-18-21-22-19(26-18)16-8-5-10-27-16/h4-8,10-11H,3,9,12-13H2,1-2H3,(H,20,24). The second-order valence-corrected chi connectivity index (χ2v) is 6.92. The molecule has 3 aromatic rings. The lowest BCUT2D eigenvalue weighted by Crippen LogP contribution is -2.33. The molecule has 27 heavy (non-hydrogen) atoms. The molecule has 0 aliphatic carbocycles. The molecule has 0 saturated carbocycles. The molecule has 0 radical (unpaired) electrons. The number of hydrogen-bond donors (Lipinski definition) is 1. The molecule has 3 rings (SSSR count). The van der Waals surface area contributed by atoms with Crippen molar-refractivity contribution in [2.24, 2.45) is 0 Å². The molecule has 0 spiro atoms. The number of carbonyl (C=O) groups is 1. The number of thiophene rings is 1. The summed E-state index contributed by atoms with van der Waals surface area (Å²) in [5, 5.41) is 13.1. The lowest BCUT2D eigenvalue weighted by atomic mass is 10.3. The van der Waals surface area contributed by atoms with Gasteiger partial charge in [0.05, 0.1) is 25.1 Å². The predicted octanol–water partition coefficient (Wildman–Crippen LogP) is 3.66. The van der Waals surface area contributed by atoms with E-state index in [1.165, 1.54) is 0 Å². The molecule has 1 aromatic carbocycles. The van der Waals surface area contributed by atoms with E-state index in [4.69, 9.17) is 9.15 Å². The van der Waals surface area contributed by atoms with E-state index in [0.29, 0.717) is 29.8 Å². The number of nitrogens with one attached hydrogen (secondary N) is 1. The van der Waals surface area contributed by atoms with Crippen molar-refractivity contribution in [3.63, 3.8) is 0 Å². The van der Waals surface area contributed by atoms with E-state index in [0.717, 1.165) is 17.8 Å². The van der Waals surface area contributed by atoms with Gasteiger partial charge in [0.2, 0.25) is 11.8 Å². The highest BCUT2D eigenvalue weighted by Gasteiger charge is 2.16. The normalized spacial score (nSPS) is 10.9. The average Bonchev–Trinajstić information content (AvgIpc) is 3.33. The number of nitrogens with zero attached hydrogens (tertiary/aromatic N) is 3. The Morgan fingerprint density at radius 3 is 2.93 bits per heavy atom. The minimum atomic E-state index is -0.102. The Morgan fingerprint density at radius 1 is 1.30 bits per heavy atom. The molecule has 142 valence electrons. The Bertz CT molecular complexity index is 863. The summed E-state index contributed by atoms with van der Waals surface area (Å²) >= 11 is 1.55. The maximum atomic E-state index is 12.4. The Labute approximate surface area is 162 Å². The Balaban J connectivity index is 1.60. The molecule has 7 nitrogen and oxygen atoms in total. The number of hydrogen-bond acceptors (Lipinski definition) is 7. The number of anilines is 1. The van der Waals surface area contributed by atoms with E-state index < -0.39 is 0 Å². The quantitative estimate of drug-likeness (QED) is 0.604. The summed E-state index contributed by atoms with van der Waals surface area (Å²) in [5.74, 6) is 1.61. The first-order chi connectivity index (χ1) is 13.2. The Morgan fingerprint density at radius 2 is 2.19 bits per heavy atom. The molecule has 0 atom stereocenters. The van der Waals surface area contributed by atoms with Crippen molar-refractivity contribution in [3.05, 3.63) is 47.7 Å². The molecule has 0 aliphatic heterocycles. The minimum absolute atomic E-state index is 0.102. The van der Waals surface area contributed by atoms with Crippen molar-refractivity contribution < 1.29 is 13.9 Å². The summed E-state index contributed by atoms with van der Waals surface area (Å²) in [6.45, 7) is 3.49. The number of amides is 1. The van der Waals surface area contributed by atoms with E-state index >= 15 is 0 Å². The van der Waals surface area contributed by atoms with Gasteiger partial charge in [0.25, 0.3) is 5.89 Å². The van der Waals surface area contributed by atoms with Crippen LogP contribution in [0.2, 0.25) is 0 Å². The fourth-order valence-corrected chi connectivity index (χ4v) is 3.29. The summed E-state index contributed by atoms with van der Waals surface area (Å²) in [5.41, 5.74) is 0.702. The van der Waals surface area contributed by atoms with Gasteiger partial charge in [-0.25, -0.2) is 0 Å². The van der Waals surface area contributed by atoms with Gasteiger partial charge in [0, 0.05) is 11.8 Å². The van der Waals surface area contributed by atoms with Crippen molar-refractivity contribution in [3.8, 4) is 16.5 Å². The SMILES string of the molecule is CCCN(CC(=O)Nc1cccc(OC)c1)Cc1nnc(-c2cccs2)o1. The first kappa shape index (κ1) is 19.1. The first-order valence-electron chi connectivity index (χ1n) is 8.70. The van der Waals surface area contributed by atoms with Crippen LogP contribution in [-0.4, -0.2) is 41.2 Å². The molecule has 0 unspecified atom stereocenters. The smallest absolute Gasteiger partial charge is 0.257 e. The monoisotopic (exact) mass is 386 g/mol. The van der Waals surface area contributed by atoms with Gasteiger partial charge in [-0.2, -0.15) is 0 Å². The summed E-state index contributed by atoms with van der Waals surface area (Å²) in [6.07, 6.45) is 0.915. The molecule has 1 amide bonds. The molecule has 0 saturated heterocycles. The molecular formula is C19H22N4O3S. The van der Waals surface area contributed by atoms with Crippen LogP contribution in [0.3, 0.4) is 0 Å². The maximum absolute atomic E-state index is 12.4. The largest absolute Gasteiger partial charge is 0.497 e. The van der Waals surface area contributed by atoms with E-state index in [-0.39, 0.29) is 12.5 Å². The summed E-state index contributed by atoms with van der Waals surface area (Å²) in [7, 11) is 1.60. The zero-order chi connectivity index (χ0) is 19.1. The van der Waals surface area contributed by atoms with Crippen molar-refractivity contribution in [2.75, 3.05) is 25.5 Å². The van der Waals surface area contributed by atoms with Gasteiger partial charge in [0.1, 0.15) is 5.75 Å². The third kappa shape index (κ3) is 5.38. The number of aromatic nitrogens is 2. The number of carbonyl (C=O) groups excluding carboxylic acids is 1. The van der Waals surface area contributed by atoms with Crippen LogP contribution in [0.4, 0.5) is 5.69 Å². The van der Waals surface area contributed by atoms with E-state index in [2.05, 4.69) is 22.4 Å². The van der Waals surface area contributed by atoms with Crippen LogP contribution in [0, 0.1) is 0 Å². The van der Waals surface area contributed by atoms with Crippen molar-refractivity contribution in [1.29, 1.82) is 0 Å². The minimum Gasteiger partial charge on any atom is -0.497 e. The molecule has 2 aromatic heterocycles. The number of benzene rings is 1. The second kappa shape index (κ2) is 9.29. The van der Waals surface area contributed by atoms with Gasteiger partial charge in [-0.15, -0.1) is 21.5 Å². The Hall–Kier alpha value is -2.71. The van der Waals surface area contributed by atoms with Crippen LogP contribution in [0.5, 0.6) is 5.75 Å². The maximum Gasteiger partial charge on any atom is 0.257 e. The zero-order valence-corrected chi connectivity index (χ0v) is 16.2. The first-order valence-corrected chi connectivity index (χ1v) is 9.58. The molecule has 2 heterocycles. The number of rotatable bonds is 9. The molecule has 8 heteroatoms. The highest BCUT2D eigenvalue weighted by atomic mass is 32.1. The molecule has 0 fully saturated rings. The molecule has 0 aliphatic rings. The zero-order valence-electron chi connectivity index (χ0n) is 15.3. The fraction of sp³-hybridized carbons (Fsp3) is 0.316. The van der Waals surface area contributed by atoms with Gasteiger partial charge < -0.3 is 14.5 Å². The molecular weight excluding hydrogens is 364 g/mol. The second-order valence-electron chi connectivity index (χ2n) is 5.97. The van der Waals surface area contributed by atoms with E-state index in [1.54, 1.807) is 24.5 Å². The van der Waals surface area contributed by atoms with Gasteiger partial charge >= 0.3 is 0 Å². The lowest BCUT2D eigenvalue weighted by molar-refractivity contribution is -0.117. The fourth-order valence-electron chi connectivity index (χ4n) is 2.64. The van der Waals surface area contributed by atoms with Crippen LogP contribution >= 0.6 is 11.3 Å². The lowest BCUT2D eigenvalue weighted by Gasteiger charge is -2.19. The van der Waals surface area contributed by atoms with Crippen LogP contribution < -0.4 is 10.1 Å². The van der Waals surface area contributed by atoms with Gasteiger partial charge in [0.15, 0.2) is 0 Å². The highest BCUT2D eigenvalue weighted by molar-refractivity contribution is 7.13. The Kier molecular flexibility index (Phi) is 6.56. The predicted molar refractivity (Wildman–Crippen MR) is 105 cm³/mol. The van der Waals surface area contributed by atoms with Gasteiger partial charge in [-0.05, 0) is 36.5 Å². The van der Waals surface area contributed by atoms with Gasteiger partial charge in [-0.3, -0.25) is 9.69 Å². The highest BCUT2D eigenvalue weighted by Crippen LogP contribution is 2.23. The topological polar surface area (TPSA) is 80.5 Å². The average molecular weight is 386 g/mol. The summed E-state index contributed by atoms with van der Waals surface area (Å²) < 4.78 is 10.9.